The summed E-state index contributed by atoms with van der Waals surface area (Å²) in [7, 11) is 0. The highest BCUT2D eigenvalue weighted by atomic mass is 19.1. The first kappa shape index (κ1) is 23.1. The molecule has 0 aliphatic heterocycles. The zero-order valence-corrected chi connectivity index (χ0v) is 20.5. The van der Waals surface area contributed by atoms with Gasteiger partial charge in [-0.3, -0.25) is 0 Å². The minimum Gasteiger partial charge on any atom is -0.310 e. The van der Waals surface area contributed by atoms with Crippen LogP contribution in [-0.2, 0) is 5.41 Å². The summed E-state index contributed by atoms with van der Waals surface area (Å²) in [6.07, 6.45) is 0. The maximum absolute atomic E-state index is 14.6. The van der Waals surface area contributed by atoms with Gasteiger partial charge >= 0.3 is 0 Å². The minimum atomic E-state index is -0.502. The Morgan fingerprint density at radius 2 is 1.19 bits per heavy atom. The Bertz CT molecular complexity index is 1640. The number of rotatable bonds is 4. The van der Waals surface area contributed by atoms with Crippen LogP contribution in [0.25, 0.3) is 22.3 Å². The van der Waals surface area contributed by atoms with Crippen molar-refractivity contribution in [1.29, 1.82) is 0 Å². The van der Waals surface area contributed by atoms with E-state index in [0.29, 0.717) is 5.56 Å². The summed E-state index contributed by atoms with van der Waals surface area (Å²) in [4.78, 5) is 2.01. The lowest BCUT2D eigenvalue weighted by Gasteiger charge is -2.28. The van der Waals surface area contributed by atoms with Gasteiger partial charge in [-0.1, -0.05) is 56.3 Å². The molecule has 1 aliphatic carbocycles. The van der Waals surface area contributed by atoms with E-state index in [-0.39, 0.29) is 16.8 Å². The van der Waals surface area contributed by atoms with E-state index in [0.717, 1.165) is 29.2 Å². The lowest BCUT2D eigenvalue weighted by Crippen LogP contribution is -2.16. The summed E-state index contributed by atoms with van der Waals surface area (Å²) in [6.45, 7) is 4.44. The van der Waals surface area contributed by atoms with E-state index in [9.17, 15) is 13.2 Å². The predicted octanol–water partition coefficient (Wildman–Crippen LogP) is 9.55. The average Bonchev–Trinajstić information content (AvgIpc) is 3.13. The zero-order valence-electron chi connectivity index (χ0n) is 20.5. The third-order valence-electron chi connectivity index (χ3n) is 7.25. The van der Waals surface area contributed by atoms with Crippen molar-refractivity contribution in [3.63, 3.8) is 0 Å². The highest BCUT2D eigenvalue weighted by Gasteiger charge is 2.35. The average molecular weight is 492 g/mol. The monoisotopic (exact) mass is 491 g/mol. The fraction of sp³-hybridized carbons (Fsp3) is 0.0909. The molecule has 1 aliphatic rings. The van der Waals surface area contributed by atoms with Crippen LogP contribution >= 0.6 is 0 Å². The van der Waals surface area contributed by atoms with Gasteiger partial charge in [0.15, 0.2) is 0 Å². The summed E-state index contributed by atoms with van der Waals surface area (Å²) in [5.74, 6) is -1.33. The van der Waals surface area contributed by atoms with Crippen LogP contribution in [0, 0.1) is 17.5 Å². The van der Waals surface area contributed by atoms with E-state index < -0.39 is 11.6 Å². The standard InChI is InChI=1S/C33H24F3N/c1-33(2)30-9-4-3-8-27(30)28-16-15-26(20-31(28)33)37(24-13-10-22(34)11-14-24)25-7-5-6-21(18-25)29-19-23(35)12-17-32(29)36/h3-20H,1-2H3. The van der Waals surface area contributed by atoms with E-state index in [4.69, 9.17) is 0 Å². The molecular weight excluding hydrogens is 467 g/mol. The summed E-state index contributed by atoms with van der Waals surface area (Å²) >= 11 is 0. The van der Waals surface area contributed by atoms with Crippen molar-refractivity contribution in [1.82, 2.24) is 0 Å². The summed E-state index contributed by atoms with van der Waals surface area (Å²) in [6, 6.07) is 31.8. The molecule has 0 saturated carbocycles. The molecule has 4 heteroatoms. The Kier molecular flexibility index (Phi) is 5.41. The van der Waals surface area contributed by atoms with Gasteiger partial charge in [0.05, 0.1) is 0 Å². The van der Waals surface area contributed by atoms with E-state index >= 15 is 0 Å². The Hall–Kier alpha value is -4.31. The van der Waals surface area contributed by atoms with Gasteiger partial charge < -0.3 is 4.90 Å². The maximum atomic E-state index is 14.6. The second-order valence-corrected chi connectivity index (χ2v) is 9.89. The molecule has 0 amide bonds. The third kappa shape index (κ3) is 3.89. The number of hydrogen-bond donors (Lipinski definition) is 0. The number of nitrogens with zero attached hydrogens (tertiary/aromatic N) is 1. The molecule has 0 heterocycles. The van der Waals surface area contributed by atoms with Gasteiger partial charge in [-0.25, -0.2) is 13.2 Å². The first-order valence-corrected chi connectivity index (χ1v) is 12.2. The van der Waals surface area contributed by atoms with E-state index in [1.165, 1.54) is 40.5 Å². The third-order valence-corrected chi connectivity index (χ3v) is 7.25. The van der Waals surface area contributed by atoms with Crippen LogP contribution in [-0.4, -0.2) is 0 Å². The number of hydrogen-bond acceptors (Lipinski definition) is 1. The van der Waals surface area contributed by atoms with Crippen molar-refractivity contribution in [3.8, 4) is 22.3 Å². The molecule has 0 bridgehead atoms. The topological polar surface area (TPSA) is 3.24 Å². The lowest BCUT2D eigenvalue weighted by atomic mass is 9.82. The Labute approximate surface area is 214 Å². The van der Waals surface area contributed by atoms with Gasteiger partial charge in [0.25, 0.3) is 0 Å². The fourth-order valence-electron chi connectivity index (χ4n) is 5.40. The molecule has 0 atom stereocenters. The highest BCUT2D eigenvalue weighted by Crippen LogP contribution is 2.50. The van der Waals surface area contributed by atoms with Crippen LogP contribution in [0.2, 0.25) is 0 Å². The smallest absolute Gasteiger partial charge is 0.131 e. The maximum Gasteiger partial charge on any atom is 0.131 e. The number of anilines is 3. The summed E-state index contributed by atoms with van der Waals surface area (Å²) < 4.78 is 42.4. The molecule has 6 rings (SSSR count). The van der Waals surface area contributed by atoms with Crippen LogP contribution < -0.4 is 4.90 Å². The SMILES string of the molecule is CC1(C)c2ccccc2-c2ccc(N(c3ccc(F)cc3)c3cccc(-c4cc(F)ccc4F)c3)cc21. The van der Waals surface area contributed by atoms with Crippen LogP contribution in [0.1, 0.15) is 25.0 Å². The second kappa shape index (κ2) is 8.67. The van der Waals surface area contributed by atoms with Crippen molar-refractivity contribution >= 4 is 17.1 Å². The Morgan fingerprint density at radius 1 is 0.514 bits per heavy atom. The molecule has 0 saturated heterocycles. The van der Waals surface area contributed by atoms with E-state index in [1.54, 1.807) is 18.2 Å². The molecule has 182 valence electrons. The molecule has 1 nitrogen and oxygen atoms in total. The van der Waals surface area contributed by atoms with Crippen LogP contribution in [0.3, 0.4) is 0 Å². The van der Waals surface area contributed by atoms with Gasteiger partial charge in [-0.05, 0) is 94.5 Å². The Balaban J connectivity index is 1.53. The largest absolute Gasteiger partial charge is 0.310 e. The lowest BCUT2D eigenvalue weighted by molar-refractivity contribution is 0.603. The molecule has 0 radical (unpaired) electrons. The molecule has 5 aromatic rings. The van der Waals surface area contributed by atoms with Gasteiger partial charge in [-0.15, -0.1) is 0 Å². The fourth-order valence-corrected chi connectivity index (χ4v) is 5.40. The summed E-state index contributed by atoms with van der Waals surface area (Å²) in [5, 5.41) is 0. The van der Waals surface area contributed by atoms with Crippen molar-refractivity contribution in [2.75, 3.05) is 4.90 Å². The molecular formula is C33H24F3N. The molecule has 0 aromatic heterocycles. The van der Waals surface area contributed by atoms with Gasteiger partial charge in [0.2, 0.25) is 0 Å². The van der Waals surface area contributed by atoms with Crippen LogP contribution in [0.15, 0.2) is 109 Å². The van der Waals surface area contributed by atoms with Crippen LogP contribution in [0.5, 0.6) is 0 Å². The van der Waals surface area contributed by atoms with Crippen molar-refractivity contribution in [2.24, 2.45) is 0 Å². The Morgan fingerprint density at radius 3 is 2.00 bits per heavy atom. The number of fused-ring (bicyclic) bond motifs is 3. The molecule has 0 spiro atoms. The molecule has 5 aromatic carbocycles. The number of halogens is 3. The number of benzene rings is 5. The molecule has 37 heavy (non-hydrogen) atoms. The van der Waals surface area contributed by atoms with Crippen molar-refractivity contribution < 1.29 is 13.2 Å². The summed E-state index contributed by atoms with van der Waals surface area (Å²) in [5.41, 5.74) is 7.84. The quantitative estimate of drug-likeness (QED) is 0.242. The molecule has 0 unspecified atom stereocenters. The first-order valence-electron chi connectivity index (χ1n) is 12.2. The highest BCUT2D eigenvalue weighted by molar-refractivity contribution is 5.86. The van der Waals surface area contributed by atoms with Crippen molar-refractivity contribution in [2.45, 2.75) is 19.3 Å². The van der Waals surface area contributed by atoms with E-state index in [2.05, 4.69) is 56.3 Å². The predicted molar refractivity (Wildman–Crippen MR) is 144 cm³/mol. The van der Waals surface area contributed by atoms with Crippen molar-refractivity contribution in [3.05, 3.63) is 138 Å². The molecule has 0 N–H and O–H groups in total. The second-order valence-electron chi connectivity index (χ2n) is 9.89. The zero-order chi connectivity index (χ0) is 25.7. The van der Waals surface area contributed by atoms with Crippen LogP contribution in [0.4, 0.5) is 30.2 Å². The van der Waals surface area contributed by atoms with E-state index in [1.807, 2.05) is 23.1 Å². The molecule has 0 fully saturated rings. The normalized spacial score (nSPS) is 13.2. The minimum absolute atomic E-state index is 0.187. The van der Waals surface area contributed by atoms with Gasteiger partial charge in [0, 0.05) is 28.0 Å². The van der Waals surface area contributed by atoms with Gasteiger partial charge in [-0.2, -0.15) is 0 Å². The van der Waals surface area contributed by atoms with Gasteiger partial charge in [0.1, 0.15) is 17.5 Å². The first-order chi connectivity index (χ1) is 17.8.